The Balaban J connectivity index is 0.00000161. The number of hydrogen-bond donors (Lipinski definition) is 2. The molecule has 1 saturated carbocycles. The largest absolute Gasteiger partial charge is 0.451 e. The number of carbonyl (C=O) groups is 1. The fraction of sp³-hybridized carbons (Fsp3) is 0.438. The predicted molar refractivity (Wildman–Crippen MR) is 86.0 cm³/mol. The van der Waals surface area contributed by atoms with Gasteiger partial charge in [0.15, 0.2) is 5.76 Å². The second-order valence-corrected chi connectivity index (χ2v) is 5.74. The van der Waals surface area contributed by atoms with Gasteiger partial charge in [0.1, 0.15) is 5.58 Å². The quantitative estimate of drug-likeness (QED) is 0.912. The van der Waals surface area contributed by atoms with Crippen molar-refractivity contribution >= 4 is 29.3 Å². The molecule has 1 fully saturated rings. The summed E-state index contributed by atoms with van der Waals surface area (Å²) in [4.78, 5) is 12.2. The average Bonchev–Trinajstić information content (AvgIpc) is 3.18. The van der Waals surface area contributed by atoms with E-state index < -0.39 is 0 Å². The van der Waals surface area contributed by atoms with Crippen molar-refractivity contribution in [1.29, 1.82) is 0 Å². The van der Waals surface area contributed by atoms with Crippen molar-refractivity contribution in [2.75, 3.05) is 6.54 Å². The zero-order chi connectivity index (χ0) is 14.3. The molecular weight excluding hydrogens is 288 g/mol. The van der Waals surface area contributed by atoms with Crippen LogP contribution in [0.3, 0.4) is 0 Å². The molecule has 0 saturated heterocycles. The molecule has 1 aliphatic rings. The maximum absolute atomic E-state index is 12.2. The van der Waals surface area contributed by atoms with Gasteiger partial charge in [-0.25, -0.2) is 0 Å². The van der Waals surface area contributed by atoms with E-state index in [2.05, 4.69) is 12.2 Å². The zero-order valence-corrected chi connectivity index (χ0v) is 13.1. The summed E-state index contributed by atoms with van der Waals surface area (Å²) in [6, 6.07) is 5.89. The molecule has 1 heterocycles. The van der Waals surface area contributed by atoms with Crippen molar-refractivity contribution in [3.05, 3.63) is 35.1 Å². The summed E-state index contributed by atoms with van der Waals surface area (Å²) in [7, 11) is 0. The Bertz CT molecular complexity index is 623. The van der Waals surface area contributed by atoms with Crippen LogP contribution in [0.15, 0.2) is 22.6 Å². The van der Waals surface area contributed by atoms with Crippen LogP contribution in [-0.4, -0.2) is 18.5 Å². The monoisotopic (exact) mass is 308 g/mol. The highest BCUT2D eigenvalue weighted by Gasteiger charge is 2.31. The molecule has 0 aliphatic heterocycles. The van der Waals surface area contributed by atoms with Gasteiger partial charge < -0.3 is 15.5 Å². The molecule has 21 heavy (non-hydrogen) atoms. The number of amides is 1. The molecule has 1 amide bonds. The van der Waals surface area contributed by atoms with Crippen LogP contribution in [0.1, 0.15) is 34.5 Å². The molecule has 114 valence electrons. The molecule has 0 bridgehead atoms. The molecule has 0 spiro atoms. The lowest BCUT2D eigenvalue weighted by atomic mass is 10.1. The van der Waals surface area contributed by atoms with E-state index >= 15 is 0 Å². The molecule has 1 unspecified atom stereocenters. The number of rotatable bonds is 4. The van der Waals surface area contributed by atoms with Gasteiger partial charge in [0.05, 0.1) is 0 Å². The van der Waals surface area contributed by atoms with Crippen LogP contribution in [-0.2, 0) is 0 Å². The Morgan fingerprint density at radius 2 is 2.00 bits per heavy atom. The fourth-order valence-corrected chi connectivity index (χ4v) is 2.52. The third-order valence-corrected chi connectivity index (χ3v) is 4.12. The van der Waals surface area contributed by atoms with Gasteiger partial charge in [0, 0.05) is 18.0 Å². The summed E-state index contributed by atoms with van der Waals surface area (Å²) in [6.45, 7) is 4.57. The maximum Gasteiger partial charge on any atom is 0.287 e. The number of furan rings is 1. The molecule has 1 atom stereocenters. The van der Waals surface area contributed by atoms with Crippen LogP contribution in [0, 0.1) is 19.8 Å². The number of halogens is 1. The van der Waals surface area contributed by atoms with Gasteiger partial charge in [0.25, 0.3) is 5.91 Å². The van der Waals surface area contributed by atoms with Gasteiger partial charge in [0.2, 0.25) is 0 Å². The highest BCUT2D eigenvalue weighted by molar-refractivity contribution is 5.96. The van der Waals surface area contributed by atoms with E-state index in [1.54, 1.807) is 6.07 Å². The van der Waals surface area contributed by atoms with Crippen molar-refractivity contribution in [3.8, 4) is 0 Å². The fourth-order valence-electron chi connectivity index (χ4n) is 2.52. The maximum atomic E-state index is 12.2. The number of nitrogens with one attached hydrogen (secondary N) is 1. The summed E-state index contributed by atoms with van der Waals surface area (Å²) in [5.74, 6) is 0.737. The minimum atomic E-state index is -0.168. The van der Waals surface area contributed by atoms with Crippen molar-refractivity contribution in [1.82, 2.24) is 5.32 Å². The third kappa shape index (κ3) is 3.22. The van der Waals surface area contributed by atoms with E-state index in [0.29, 0.717) is 18.2 Å². The minimum Gasteiger partial charge on any atom is -0.451 e. The first kappa shape index (κ1) is 15.9. The molecule has 2 aromatic rings. The molecular formula is C16H21ClN2O2. The number of fused-ring (bicyclic) bond motifs is 1. The van der Waals surface area contributed by atoms with Crippen molar-refractivity contribution in [2.24, 2.45) is 11.7 Å². The van der Waals surface area contributed by atoms with E-state index in [4.69, 9.17) is 10.2 Å². The molecule has 1 aromatic heterocycles. The Labute approximate surface area is 130 Å². The lowest BCUT2D eigenvalue weighted by Gasteiger charge is -2.14. The first-order valence-electron chi connectivity index (χ1n) is 7.10. The Morgan fingerprint density at radius 3 is 2.62 bits per heavy atom. The summed E-state index contributed by atoms with van der Waals surface area (Å²) in [5.41, 5.74) is 8.83. The summed E-state index contributed by atoms with van der Waals surface area (Å²) >= 11 is 0. The van der Waals surface area contributed by atoms with Gasteiger partial charge in [-0.15, -0.1) is 12.4 Å². The Hall–Kier alpha value is -1.52. The van der Waals surface area contributed by atoms with Crippen molar-refractivity contribution < 1.29 is 9.21 Å². The van der Waals surface area contributed by atoms with Crippen LogP contribution < -0.4 is 11.1 Å². The standard InChI is InChI=1S/C16H20N2O2.ClH/c1-9-5-12-7-15(20-14(12)6-10(9)2)16(19)18-13(8-17)11-3-4-11;/h5-7,11,13H,3-4,8,17H2,1-2H3,(H,18,19);1H. The molecule has 0 radical (unpaired) electrons. The van der Waals surface area contributed by atoms with Gasteiger partial charge in [-0.2, -0.15) is 0 Å². The number of hydrogen-bond acceptors (Lipinski definition) is 3. The van der Waals surface area contributed by atoms with Gasteiger partial charge in [-0.05, 0) is 61.9 Å². The summed E-state index contributed by atoms with van der Waals surface area (Å²) < 4.78 is 5.66. The van der Waals surface area contributed by atoms with Crippen LogP contribution in [0.4, 0.5) is 0 Å². The van der Waals surface area contributed by atoms with E-state index in [1.165, 1.54) is 5.56 Å². The first-order chi connectivity index (χ1) is 9.58. The van der Waals surface area contributed by atoms with E-state index in [0.717, 1.165) is 29.4 Å². The molecule has 1 aromatic carbocycles. The van der Waals surface area contributed by atoms with Gasteiger partial charge in [-0.3, -0.25) is 4.79 Å². The zero-order valence-electron chi connectivity index (χ0n) is 12.3. The van der Waals surface area contributed by atoms with Gasteiger partial charge in [-0.1, -0.05) is 0 Å². The highest BCUT2D eigenvalue weighted by Crippen LogP contribution is 2.32. The highest BCUT2D eigenvalue weighted by atomic mass is 35.5. The number of carbonyl (C=O) groups excluding carboxylic acids is 1. The lowest BCUT2D eigenvalue weighted by Crippen LogP contribution is -2.41. The minimum absolute atomic E-state index is 0. The van der Waals surface area contributed by atoms with E-state index in [1.807, 2.05) is 19.1 Å². The van der Waals surface area contributed by atoms with Crippen LogP contribution in [0.25, 0.3) is 11.0 Å². The van der Waals surface area contributed by atoms with Crippen LogP contribution in [0.5, 0.6) is 0 Å². The van der Waals surface area contributed by atoms with Crippen LogP contribution >= 0.6 is 12.4 Å². The van der Waals surface area contributed by atoms with E-state index in [9.17, 15) is 4.79 Å². The SMILES string of the molecule is Cc1cc2cc(C(=O)NC(CN)C3CC3)oc2cc1C.Cl. The second-order valence-electron chi connectivity index (χ2n) is 5.74. The van der Waals surface area contributed by atoms with Gasteiger partial charge >= 0.3 is 0 Å². The van der Waals surface area contributed by atoms with Crippen molar-refractivity contribution in [3.63, 3.8) is 0 Å². The van der Waals surface area contributed by atoms with Crippen molar-refractivity contribution in [2.45, 2.75) is 32.7 Å². The number of benzene rings is 1. The normalized spacial score (nSPS) is 15.6. The Morgan fingerprint density at radius 1 is 1.33 bits per heavy atom. The molecule has 5 heteroatoms. The molecule has 4 nitrogen and oxygen atoms in total. The smallest absolute Gasteiger partial charge is 0.287 e. The van der Waals surface area contributed by atoms with Crippen LogP contribution in [0.2, 0.25) is 0 Å². The third-order valence-electron chi connectivity index (χ3n) is 4.12. The lowest BCUT2D eigenvalue weighted by molar-refractivity contribution is 0.0907. The molecule has 1 aliphatic carbocycles. The molecule has 3 rings (SSSR count). The average molecular weight is 309 g/mol. The summed E-state index contributed by atoms with van der Waals surface area (Å²) in [5, 5.41) is 3.94. The summed E-state index contributed by atoms with van der Waals surface area (Å²) in [6.07, 6.45) is 2.31. The second kappa shape index (κ2) is 6.08. The first-order valence-corrected chi connectivity index (χ1v) is 7.10. The molecule has 3 N–H and O–H groups in total. The number of nitrogens with two attached hydrogens (primary N) is 1. The Kier molecular flexibility index (Phi) is 4.59. The topological polar surface area (TPSA) is 68.3 Å². The number of aryl methyl sites for hydroxylation is 2. The predicted octanol–water partition coefficient (Wildman–Crippen LogP) is 2.94. The van der Waals surface area contributed by atoms with E-state index in [-0.39, 0.29) is 24.4 Å².